The highest BCUT2D eigenvalue weighted by molar-refractivity contribution is 5.99. The lowest BCUT2D eigenvalue weighted by molar-refractivity contribution is 0.0416. The van der Waals surface area contributed by atoms with Crippen LogP contribution in [0.15, 0.2) is 18.2 Å². The van der Waals surface area contributed by atoms with Crippen molar-refractivity contribution in [3.05, 3.63) is 23.8 Å². The second-order valence-corrected chi connectivity index (χ2v) is 8.82. The number of likely N-dealkylation sites (N-methyl/N-ethyl adjacent to an activating group) is 1. The Bertz CT molecular complexity index is 766. The van der Waals surface area contributed by atoms with Crippen LogP contribution in [0.4, 0.5) is 10.5 Å². The van der Waals surface area contributed by atoms with Gasteiger partial charge in [0.2, 0.25) is 0 Å². The second-order valence-electron chi connectivity index (χ2n) is 8.82. The van der Waals surface area contributed by atoms with Gasteiger partial charge in [-0.2, -0.15) is 0 Å². The Morgan fingerprint density at radius 1 is 1.29 bits per heavy atom. The molecular formula is C23H36N4O4. The normalized spacial score (nSPS) is 23.2. The minimum absolute atomic E-state index is 0.0811. The fourth-order valence-electron chi connectivity index (χ4n) is 4.34. The summed E-state index contributed by atoms with van der Waals surface area (Å²) in [5.74, 6) is 0.366. The molecule has 3 amide bonds. The zero-order valence-corrected chi connectivity index (χ0v) is 18.8. The first-order chi connectivity index (χ1) is 14.9. The zero-order chi connectivity index (χ0) is 22.4. The smallest absolute Gasteiger partial charge is 0.319 e. The number of anilines is 1. The molecule has 172 valence electrons. The molecule has 1 fully saturated rings. The van der Waals surface area contributed by atoms with Crippen molar-refractivity contribution in [2.45, 2.75) is 64.1 Å². The lowest BCUT2D eigenvalue weighted by Gasteiger charge is -2.37. The van der Waals surface area contributed by atoms with Crippen LogP contribution in [0.25, 0.3) is 0 Å². The van der Waals surface area contributed by atoms with E-state index in [9.17, 15) is 14.7 Å². The molecule has 1 aromatic rings. The van der Waals surface area contributed by atoms with Gasteiger partial charge in [0, 0.05) is 30.7 Å². The summed E-state index contributed by atoms with van der Waals surface area (Å²) in [7, 11) is 1.87. The molecule has 1 aliphatic carbocycles. The van der Waals surface area contributed by atoms with Crippen molar-refractivity contribution in [1.29, 1.82) is 0 Å². The minimum atomic E-state index is -0.317. The third-order valence-corrected chi connectivity index (χ3v) is 6.27. The van der Waals surface area contributed by atoms with Crippen LogP contribution in [0, 0.1) is 5.92 Å². The fourth-order valence-corrected chi connectivity index (χ4v) is 4.34. The van der Waals surface area contributed by atoms with Gasteiger partial charge in [-0.3, -0.25) is 4.79 Å². The molecule has 31 heavy (non-hydrogen) atoms. The number of nitrogens with one attached hydrogen (secondary N) is 3. The van der Waals surface area contributed by atoms with Crippen LogP contribution in [0.1, 0.15) is 56.3 Å². The zero-order valence-electron chi connectivity index (χ0n) is 18.8. The van der Waals surface area contributed by atoms with Crippen LogP contribution < -0.4 is 20.7 Å². The molecule has 2 aliphatic rings. The topological polar surface area (TPSA) is 103 Å². The molecule has 1 saturated carbocycles. The molecule has 1 aliphatic heterocycles. The lowest BCUT2D eigenvalue weighted by Crippen LogP contribution is -2.49. The molecule has 8 nitrogen and oxygen atoms in total. The maximum Gasteiger partial charge on any atom is 0.319 e. The van der Waals surface area contributed by atoms with Gasteiger partial charge in [-0.15, -0.1) is 0 Å². The highest BCUT2D eigenvalue weighted by atomic mass is 16.5. The van der Waals surface area contributed by atoms with Gasteiger partial charge in [0.25, 0.3) is 5.91 Å². The Hall–Kier alpha value is -2.32. The number of nitrogens with zero attached hydrogens (tertiary/aromatic N) is 1. The first-order valence-corrected chi connectivity index (χ1v) is 11.4. The first-order valence-electron chi connectivity index (χ1n) is 11.4. The summed E-state index contributed by atoms with van der Waals surface area (Å²) in [6, 6.07) is 4.80. The van der Waals surface area contributed by atoms with E-state index in [0.29, 0.717) is 30.1 Å². The van der Waals surface area contributed by atoms with Gasteiger partial charge >= 0.3 is 6.03 Å². The SMILES string of the molecule is CNC[C@@H]1Oc2ccc(NC(=O)NC3CCCCC3)cc2C(=O)N([C@H](C)CO)C[C@@H]1C. The highest BCUT2D eigenvalue weighted by Gasteiger charge is 2.32. The molecule has 0 radical (unpaired) electrons. The van der Waals surface area contributed by atoms with Gasteiger partial charge < -0.3 is 30.7 Å². The van der Waals surface area contributed by atoms with Crippen molar-refractivity contribution in [3.63, 3.8) is 0 Å². The third kappa shape index (κ3) is 5.89. The number of urea groups is 1. The van der Waals surface area contributed by atoms with Crippen molar-refractivity contribution in [2.75, 3.05) is 32.1 Å². The summed E-state index contributed by atoms with van der Waals surface area (Å²) in [5, 5.41) is 18.7. The molecule has 3 rings (SSSR count). The molecule has 0 bridgehead atoms. The Balaban J connectivity index is 1.82. The van der Waals surface area contributed by atoms with Crippen LogP contribution in [0.5, 0.6) is 5.75 Å². The number of benzene rings is 1. The Kier molecular flexibility index (Phi) is 8.15. The van der Waals surface area contributed by atoms with E-state index in [-0.39, 0.29) is 42.7 Å². The molecule has 0 aromatic heterocycles. The number of hydrogen-bond donors (Lipinski definition) is 4. The van der Waals surface area contributed by atoms with E-state index < -0.39 is 0 Å². The van der Waals surface area contributed by atoms with Crippen molar-refractivity contribution in [3.8, 4) is 5.75 Å². The number of ether oxygens (including phenoxy) is 1. The molecule has 4 N–H and O–H groups in total. The summed E-state index contributed by atoms with van der Waals surface area (Å²) >= 11 is 0. The Morgan fingerprint density at radius 2 is 2.03 bits per heavy atom. The maximum absolute atomic E-state index is 13.3. The van der Waals surface area contributed by atoms with Crippen molar-refractivity contribution in [1.82, 2.24) is 15.5 Å². The van der Waals surface area contributed by atoms with Crippen LogP contribution in [0.2, 0.25) is 0 Å². The molecule has 0 unspecified atom stereocenters. The number of carbonyl (C=O) groups excluding carboxylic acids is 2. The van der Waals surface area contributed by atoms with Crippen LogP contribution in [-0.2, 0) is 0 Å². The number of amides is 3. The number of aliphatic hydroxyl groups excluding tert-OH is 1. The fraction of sp³-hybridized carbons (Fsp3) is 0.652. The predicted octanol–water partition coefficient (Wildman–Crippen LogP) is 2.58. The number of carbonyl (C=O) groups is 2. The van der Waals surface area contributed by atoms with Gasteiger partial charge in [0.05, 0.1) is 18.2 Å². The minimum Gasteiger partial charge on any atom is -0.488 e. The van der Waals surface area contributed by atoms with Crippen molar-refractivity contribution >= 4 is 17.6 Å². The summed E-state index contributed by atoms with van der Waals surface area (Å²) in [5.41, 5.74) is 0.933. The summed E-state index contributed by atoms with van der Waals surface area (Å²) in [6.45, 7) is 4.88. The number of fused-ring (bicyclic) bond motifs is 1. The van der Waals surface area contributed by atoms with Crippen molar-refractivity contribution < 1.29 is 19.4 Å². The van der Waals surface area contributed by atoms with E-state index in [0.717, 1.165) is 25.7 Å². The average molecular weight is 433 g/mol. The standard InChI is InChI=1S/C23H36N4O4/c1-15-13-27(16(2)14-28)22(29)19-11-18(9-10-20(19)31-21(15)12-24-3)26-23(30)25-17-7-5-4-6-8-17/h9-11,15-17,21,24,28H,4-8,12-14H2,1-3H3,(H2,25,26,30)/t15-,16+,21-/m0/s1. The Morgan fingerprint density at radius 3 is 2.71 bits per heavy atom. The molecule has 3 atom stereocenters. The van der Waals surface area contributed by atoms with E-state index in [1.807, 2.05) is 20.9 Å². The lowest BCUT2D eigenvalue weighted by atomic mass is 9.96. The van der Waals surface area contributed by atoms with E-state index in [2.05, 4.69) is 16.0 Å². The molecule has 1 aromatic carbocycles. The predicted molar refractivity (Wildman–Crippen MR) is 121 cm³/mol. The number of hydrogen-bond acceptors (Lipinski definition) is 5. The van der Waals surface area contributed by atoms with Crippen LogP contribution in [0.3, 0.4) is 0 Å². The molecule has 0 spiro atoms. The van der Waals surface area contributed by atoms with Crippen LogP contribution >= 0.6 is 0 Å². The number of aliphatic hydroxyl groups is 1. The average Bonchev–Trinajstić information content (AvgIpc) is 2.76. The van der Waals surface area contributed by atoms with Gasteiger partial charge in [0.15, 0.2) is 0 Å². The van der Waals surface area contributed by atoms with Gasteiger partial charge in [0.1, 0.15) is 11.9 Å². The molecular weight excluding hydrogens is 396 g/mol. The van der Waals surface area contributed by atoms with E-state index in [4.69, 9.17) is 4.74 Å². The highest BCUT2D eigenvalue weighted by Crippen LogP contribution is 2.30. The third-order valence-electron chi connectivity index (χ3n) is 6.27. The molecule has 8 heteroatoms. The largest absolute Gasteiger partial charge is 0.488 e. The second kappa shape index (κ2) is 10.8. The van der Waals surface area contributed by atoms with Gasteiger partial charge in [-0.25, -0.2) is 4.79 Å². The van der Waals surface area contributed by atoms with Crippen LogP contribution in [-0.4, -0.2) is 66.9 Å². The van der Waals surface area contributed by atoms with Gasteiger partial charge in [-0.1, -0.05) is 26.2 Å². The first kappa shape index (κ1) is 23.3. The van der Waals surface area contributed by atoms with Gasteiger partial charge in [-0.05, 0) is 45.0 Å². The monoisotopic (exact) mass is 432 g/mol. The van der Waals surface area contributed by atoms with E-state index >= 15 is 0 Å². The summed E-state index contributed by atoms with van der Waals surface area (Å²) < 4.78 is 6.20. The van der Waals surface area contributed by atoms with E-state index in [1.54, 1.807) is 23.1 Å². The summed E-state index contributed by atoms with van der Waals surface area (Å²) in [6.07, 6.45) is 5.38. The quantitative estimate of drug-likeness (QED) is 0.553. The molecule has 0 saturated heterocycles. The van der Waals surface area contributed by atoms with E-state index in [1.165, 1.54) is 6.42 Å². The Labute approximate surface area is 184 Å². The maximum atomic E-state index is 13.3. The summed E-state index contributed by atoms with van der Waals surface area (Å²) in [4.78, 5) is 27.5. The molecule has 1 heterocycles. The number of rotatable bonds is 6. The van der Waals surface area contributed by atoms with Crippen molar-refractivity contribution in [2.24, 2.45) is 5.92 Å².